The Kier molecular flexibility index (Phi) is 10.9. The number of pyridine rings is 2. The molecule has 7 rings (SSSR count). The molecular formula is C44H44IrN2OSi-2. The molecule has 3 aromatic heterocycles. The van der Waals surface area contributed by atoms with Crippen molar-refractivity contribution in [2.45, 2.75) is 65.6 Å². The Hall–Kier alpha value is -4.15. The number of hydrogen-bond acceptors (Lipinski definition) is 3. The number of rotatable bonds is 5. The topological polar surface area (TPSA) is 38.9 Å². The molecule has 5 heteroatoms. The monoisotopic (exact) mass is 837 g/mol. The zero-order valence-corrected chi connectivity index (χ0v) is 33.1. The number of furan rings is 1. The van der Waals surface area contributed by atoms with E-state index in [2.05, 4.69) is 149 Å². The van der Waals surface area contributed by atoms with E-state index in [9.17, 15) is 0 Å². The Balaban J connectivity index is 0.000000233. The van der Waals surface area contributed by atoms with Crippen molar-refractivity contribution in [3.8, 4) is 33.6 Å². The van der Waals surface area contributed by atoms with Gasteiger partial charge >= 0.3 is 0 Å². The fraction of sp³-hybridized carbons (Fsp3) is 0.227. The first-order chi connectivity index (χ1) is 22.9. The minimum absolute atomic E-state index is 0. The van der Waals surface area contributed by atoms with Crippen LogP contribution in [0.25, 0.3) is 55.6 Å². The third-order valence-electron chi connectivity index (χ3n) is 8.84. The van der Waals surface area contributed by atoms with E-state index in [-0.39, 0.29) is 25.5 Å². The van der Waals surface area contributed by atoms with E-state index >= 15 is 0 Å². The first kappa shape index (κ1) is 36.1. The fourth-order valence-electron chi connectivity index (χ4n) is 5.77. The molecule has 0 atom stereocenters. The van der Waals surface area contributed by atoms with Gasteiger partial charge in [0.05, 0.1) is 13.7 Å². The van der Waals surface area contributed by atoms with Crippen LogP contribution in [-0.2, 0) is 25.5 Å². The van der Waals surface area contributed by atoms with Crippen LogP contribution < -0.4 is 5.19 Å². The normalized spacial score (nSPS) is 11.7. The first-order valence-electron chi connectivity index (χ1n) is 16.8. The van der Waals surface area contributed by atoms with E-state index in [4.69, 9.17) is 4.42 Å². The van der Waals surface area contributed by atoms with E-state index in [0.29, 0.717) is 5.92 Å². The summed E-state index contributed by atoms with van der Waals surface area (Å²) >= 11 is 0. The summed E-state index contributed by atoms with van der Waals surface area (Å²) in [6.45, 7) is 18.1. The predicted molar refractivity (Wildman–Crippen MR) is 206 cm³/mol. The zero-order valence-electron chi connectivity index (χ0n) is 29.7. The van der Waals surface area contributed by atoms with Gasteiger partial charge in [-0.1, -0.05) is 125 Å². The standard InChI is InChI=1S/C30H28NO.C14H16NSi.Ir/c1-19(2)21-15-16-31-27(17-21)26-8-6-7-25-24-14-11-22(18-28(24)32-29(25)26)20-9-12-23(13-10-20)30(3,4)5;1-16(2,3)13-9-10-14(15-11-13)12-7-5-4-6-8-12;/h6-7,9-19H,1-5H3;4-7,9-11H,1-3H3;/q2*-1;. The number of hydrogen-bond donors (Lipinski definition) is 0. The van der Waals surface area contributed by atoms with Gasteiger partial charge in [-0.3, -0.25) is 0 Å². The molecule has 0 saturated heterocycles. The van der Waals surface area contributed by atoms with Crippen molar-refractivity contribution in [1.82, 2.24) is 9.97 Å². The van der Waals surface area contributed by atoms with Gasteiger partial charge in [0, 0.05) is 37.9 Å². The van der Waals surface area contributed by atoms with Crippen LogP contribution in [0.2, 0.25) is 19.6 Å². The maximum atomic E-state index is 6.41. The molecule has 3 nitrogen and oxygen atoms in total. The van der Waals surface area contributed by atoms with Crippen molar-refractivity contribution >= 4 is 35.2 Å². The van der Waals surface area contributed by atoms with Gasteiger partial charge in [0.2, 0.25) is 0 Å². The summed E-state index contributed by atoms with van der Waals surface area (Å²) in [7, 11) is -1.23. The molecule has 4 aromatic carbocycles. The van der Waals surface area contributed by atoms with Crippen LogP contribution in [-0.4, -0.2) is 18.0 Å². The van der Waals surface area contributed by atoms with Crippen LogP contribution in [0.1, 0.15) is 51.7 Å². The third kappa shape index (κ3) is 8.19. The third-order valence-corrected chi connectivity index (χ3v) is 10.9. The van der Waals surface area contributed by atoms with Gasteiger partial charge in [-0.25, -0.2) is 0 Å². The molecule has 0 unspecified atom stereocenters. The van der Waals surface area contributed by atoms with E-state index in [0.717, 1.165) is 50.0 Å². The number of benzene rings is 4. The number of aromatic nitrogens is 2. The second kappa shape index (κ2) is 14.8. The molecule has 7 aromatic rings. The molecule has 0 aliphatic heterocycles. The Morgan fingerprint density at radius 1 is 0.714 bits per heavy atom. The van der Waals surface area contributed by atoms with Gasteiger partial charge < -0.3 is 14.4 Å². The van der Waals surface area contributed by atoms with Crippen LogP contribution in [0.4, 0.5) is 0 Å². The van der Waals surface area contributed by atoms with E-state index in [1.54, 1.807) is 0 Å². The summed E-state index contributed by atoms with van der Waals surface area (Å²) in [6, 6.07) is 42.4. The minimum atomic E-state index is -1.23. The van der Waals surface area contributed by atoms with Crippen molar-refractivity contribution in [3.05, 3.63) is 139 Å². The number of nitrogens with zero attached hydrogens (tertiary/aromatic N) is 2. The average molecular weight is 837 g/mol. The molecule has 0 bridgehead atoms. The van der Waals surface area contributed by atoms with Gasteiger partial charge in [-0.05, 0) is 56.7 Å². The molecule has 49 heavy (non-hydrogen) atoms. The second-order valence-electron chi connectivity index (χ2n) is 14.8. The van der Waals surface area contributed by atoms with Crippen molar-refractivity contribution in [2.24, 2.45) is 0 Å². The largest absolute Gasteiger partial charge is 0.501 e. The second-order valence-corrected chi connectivity index (χ2v) is 19.9. The Labute approximate surface area is 306 Å². The molecule has 0 aliphatic rings. The van der Waals surface area contributed by atoms with Crippen molar-refractivity contribution in [1.29, 1.82) is 0 Å². The van der Waals surface area contributed by atoms with Crippen LogP contribution >= 0.6 is 0 Å². The predicted octanol–water partition coefficient (Wildman–Crippen LogP) is 11.6. The fourth-order valence-corrected chi connectivity index (χ4v) is 6.80. The van der Waals surface area contributed by atoms with Gasteiger partial charge in [0.15, 0.2) is 0 Å². The summed E-state index contributed by atoms with van der Waals surface area (Å²) in [6.07, 6.45) is 3.89. The summed E-state index contributed by atoms with van der Waals surface area (Å²) < 4.78 is 6.41. The summed E-state index contributed by atoms with van der Waals surface area (Å²) in [4.78, 5) is 9.13. The van der Waals surface area contributed by atoms with Crippen LogP contribution in [0.5, 0.6) is 0 Å². The van der Waals surface area contributed by atoms with E-state index in [1.165, 1.54) is 21.9 Å². The quantitative estimate of drug-likeness (QED) is 0.128. The summed E-state index contributed by atoms with van der Waals surface area (Å²) in [5.74, 6) is 0.443. The molecule has 0 spiro atoms. The molecule has 0 N–H and O–H groups in total. The van der Waals surface area contributed by atoms with Gasteiger partial charge in [0.25, 0.3) is 0 Å². The SMILES string of the molecule is CC(C)c1ccnc(-c2[c-]ccc3c2oc2cc(-c4ccc(C(C)(C)C)cc4)ccc23)c1.C[Si](C)(C)c1ccc(-c2[c-]cccc2)nc1.[Ir]. The zero-order chi connectivity index (χ0) is 34.1. The summed E-state index contributed by atoms with van der Waals surface area (Å²) in [5.41, 5.74) is 10.7. The van der Waals surface area contributed by atoms with Crippen LogP contribution in [0.3, 0.4) is 0 Å². The maximum Gasteiger partial charge on any atom is 0.121 e. The molecule has 0 saturated carbocycles. The van der Waals surface area contributed by atoms with Crippen molar-refractivity contribution in [2.75, 3.05) is 0 Å². The van der Waals surface area contributed by atoms with E-state index < -0.39 is 8.07 Å². The minimum Gasteiger partial charge on any atom is -0.501 e. The molecule has 0 aliphatic carbocycles. The van der Waals surface area contributed by atoms with Crippen LogP contribution in [0, 0.1) is 12.1 Å². The Bertz CT molecular complexity index is 2160. The van der Waals surface area contributed by atoms with E-state index in [1.807, 2.05) is 42.7 Å². The Morgan fingerprint density at radius 3 is 2.10 bits per heavy atom. The average Bonchev–Trinajstić information content (AvgIpc) is 3.46. The molecule has 0 amide bonds. The molecule has 0 fully saturated rings. The Morgan fingerprint density at radius 2 is 1.47 bits per heavy atom. The maximum absolute atomic E-state index is 6.41. The molecule has 3 heterocycles. The van der Waals surface area contributed by atoms with Crippen molar-refractivity contribution in [3.63, 3.8) is 0 Å². The smallest absolute Gasteiger partial charge is 0.121 e. The van der Waals surface area contributed by atoms with Gasteiger partial charge in [-0.15, -0.1) is 54.1 Å². The van der Waals surface area contributed by atoms with Crippen molar-refractivity contribution < 1.29 is 24.5 Å². The van der Waals surface area contributed by atoms with Crippen LogP contribution in [0.15, 0.2) is 120 Å². The van der Waals surface area contributed by atoms with Gasteiger partial charge in [-0.2, -0.15) is 0 Å². The first-order valence-corrected chi connectivity index (χ1v) is 20.3. The molecule has 251 valence electrons. The molecule has 1 radical (unpaired) electrons. The summed E-state index contributed by atoms with van der Waals surface area (Å²) in [5, 5.41) is 3.61. The molecular weight excluding hydrogens is 793 g/mol. The number of fused-ring (bicyclic) bond motifs is 3. The van der Waals surface area contributed by atoms with Gasteiger partial charge in [0.1, 0.15) is 5.58 Å².